The summed E-state index contributed by atoms with van der Waals surface area (Å²) in [5.74, 6) is 0. The van der Waals surface area contributed by atoms with E-state index in [9.17, 15) is 9.59 Å². The lowest BCUT2D eigenvalue weighted by Gasteiger charge is -2.40. The second-order valence-electron chi connectivity index (χ2n) is 6.10. The fourth-order valence-electron chi connectivity index (χ4n) is 2.75. The number of ether oxygens (including phenoxy) is 2. The average molecular weight is 492 g/mol. The maximum absolute atomic E-state index is 12.8. The number of anilines is 1. The van der Waals surface area contributed by atoms with Gasteiger partial charge in [0.15, 0.2) is 0 Å². The van der Waals surface area contributed by atoms with Crippen LogP contribution in [0.25, 0.3) is 4.91 Å². The second kappa shape index (κ2) is 10.4. The number of hydrogen-bond donors (Lipinski definition) is 1. The first-order chi connectivity index (χ1) is 14.5. The Bertz CT molecular complexity index is 908. The molecule has 1 heterocycles. The lowest BCUT2D eigenvalue weighted by atomic mass is 10.2. The van der Waals surface area contributed by atoms with Gasteiger partial charge < -0.3 is 14.8 Å². The Hall–Kier alpha value is -2.65. The van der Waals surface area contributed by atoms with Crippen LogP contribution in [0.1, 0.15) is 19.4 Å². The van der Waals surface area contributed by atoms with Gasteiger partial charge >= 0.3 is 12.2 Å². The fraction of sp³-hybridized carbons (Fsp3) is 0.238. The maximum atomic E-state index is 12.8. The monoisotopic (exact) mass is 491 g/mol. The van der Waals surface area contributed by atoms with Crippen LogP contribution in [0.5, 0.6) is 0 Å². The number of rotatable bonds is 5. The van der Waals surface area contributed by atoms with Crippen LogP contribution in [0.3, 0.4) is 0 Å². The van der Waals surface area contributed by atoms with E-state index < -0.39 is 18.4 Å². The molecule has 0 aromatic heterocycles. The molecule has 9 heteroatoms. The summed E-state index contributed by atoms with van der Waals surface area (Å²) in [5.41, 5.74) is 1.69. The van der Waals surface area contributed by atoms with E-state index in [0.717, 1.165) is 32.6 Å². The molecular weight excluding hydrogens is 470 g/mol. The van der Waals surface area contributed by atoms with Crippen molar-refractivity contribution in [3.05, 3.63) is 70.7 Å². The quantitative estimate of drug-likeness (QED) is 0.539. The van der Waals surface area contributed by atoms with Crippen LogP contribution in [0.2, 0.25) is 0 Å². The van der Waals surface area contributed by atoms with E-state index in [1.807, 2.05) is 60.7 Å². The van der Waals surface area contributed by atoms with Gasteiger partial charge in [-0.3, -0.25) is 0 Å². The van der Waals surface area contributed by atoms with E-state index in [0.29, 0.717) is 0 Å². The highest BCUT2D eigenvalue weighted by Gasteiger charge is 2.39. The number of nitrogens with one attached hydrogen (secondary N) is 1. The Morgan fingerprint density at radius 3 is 2.27 bits per heavy atom. The predicted molar refractivity (Wildman–Crippen MR) is 121 cm³/mol. The van der Waals surface area contributed by atoms with Crippen molar-refractivity contribution in [3.8, 4) is 0 Å². The third-order valence-electron chi connectivity index (χ3n) is 4.05. The van der Waals surface area contributed by atoms with Gasteiger partial charge in [-0.05, 0) is 49.8 Å². The molecule has 3 rings (SSSR count). The molecule has 1 aliphatic heterocycles. The predicted octanol–water partition coefficient (Wildman–Crippen LogP) is 5.72. The van der Waals surface area contributed by atoms with Crippen LogP contribution in [0.15, 0.2) is 65.1 Å². The van der Waals surface area contributed by atoms with Gasteiger partial charge in [-0.25, -0.2) is 9.59 Å². The number of halogens is 1. The Morgan fingerprint density at radius 2 is 1.63 bits per heavy atom. The zero-order chi connectivity index (χ0) is 21.5. The van der Waals surface area contributed by atoms with E-state index in [2.05, 4.69) is 21.2 Å². The number of nitrogens with zero attached hydrogens (tertiary/aromatic N) is 2. The molecule has 158 valence electrons. The summed E-state index contributed by atoms with van der Waals surface area (Å²) in [6.45, 7) is 3.79. The van der Waals surface area contributed by atoms with Crippen molar-refractivity contribution in [1.82, 2.24) is 9.42 Å². The lowest BCUT2D eigenvalue weighted by Crippen LogP contribution is -2.55. The van der Waals surface area contributed by atoms with Crippen LogP contribution in [0, 0.1) is 0 Å². The van der Waals surface area contributed by atoms with Crippen molar-refractivity contribution >= 4 is 50.7 Å². The number of carbonyl (C=O) groups excluding carboxylic acids is 2. The minimum Gasteiger partial charge on any atom is -0.448 e. The first-order valence-corrected chi connectivity index (χ1v) is 11.0. The third-order valence-corrected chi connectivity index (χ3v) is 5.64. The first-order valence-electron chi connectivity index (χ1n) is 9.43. The molecule has 1 atom stereocenters. The molecule has 0 bridgehead atoms. The molecule has 1 N–H and O–H groups in total. The van der Waals surface area contributed by atoms with Gasteiger partial charge in [-0.15, -0.1) is 4.41 Å². The molecule has 7 nitrogen and oxygen atoms in total. The van der Waals surface area contributed by atoms with E-state index in [4.69, 9.17) is 9.47 Å². The highest BCUT2D eigenvalue weighted by atomic mass is 79.9. The van der Waals surface area contributed by atoms with Crippen molar-refractivity contribution in [3.63, 3.8) is 0 Å². The SMILES string of the molecule is CCOC(=O)N1SC(c2ccccc2)=CC(Nc2ccc(Br)cc2)N1C(=O)OCC. The highest BCUT2D eigenvalue weighted by Crippen LogP contribution is 2.38. The number of hydrogen-bond acceptors (Lipinski definition) is 6. The van der Waals surface area contributed by atoms with Crippen molar-refractivity contribution < 1.29 is 19.1 Å². The van der Waals surface area contributed by atoms with Crippen molar-refractivity contribution in [2.75, 3.05) is 18.5 Å². The summed E-state index contributed by atoms with van der Waals surface area (Å²) in [5, 5.41) is 4.51. The topological polar surface area (TPSA) is 71.1 Å². The van der Waals surface area contributed by atoms with Crippen molar-refractivity contribution in [2.24, 2.45) is 0 Å². The molecule has 0 fully saturated rings. The van der Waals surface area contributed by atoms with Crippen LogP contribution < -0.4 is 5.32 Å². The van der Waals surface area contributed by atoms with Crippen LogP contribution in [0.4, 0.5) is 15.3 Å². The van der Waals surface area contributed by atoms with Crippen molar-refractivity contribution in [2.45, 2.75) is 20.0 Å². The molecule has 0 aliphatic carbocycles. The maximum Gasteiger partial charge on any atom is 0.440 e. The van der Waals surface area contributed by atoms with Gasteiger partial charge in [0.1, 0.15) is 6.17 Å². The van der Waals surface area contributed by atoms with E-state index >= 15 is 0 Å². The molecule has 1 aliphatic rings. The molecule has 0 saturated carbocycles. The van der Waals surface area contributed by atoms with E-state index in [-0.39, 0.29) is 13.2 Å². The summed E-state index contributed by atoms with van der Waals surface area (Å²) in [6.07, 6.45) is -0.101. The molecule has 0 saturated heterocycles. The Balaban J connectivity index is 2.03. The third kappa shape index (κ3) is 5.28. The van der Waals surface area contributed by atoms with E-state index in [1.54, 1.807) is 13.8 Å². The lowest BCUT2D eigenvalue weighted by molar-refractivity contribution is 0.0212. The zero-order valence-corrected chi connectivity index (χ0v) is 19.0. The molecule has 1 unspecified atom stereocenters. The standard InChI is InChI=1S/C21H22BrN3O4S/c1-3-28-20(26)24-19(23-17-12-10-16(22)11-13-17)14-18(15-8-6-5-7-9-15)30-25(24)21(27)29-4-2/h5-14,19,23H,3-4H2,1-2H3. The number of benzene rings is 2. The van der Waals surface area contributed by atoms with Gasteiger partial charge in [0.05, 0.1) is 13.2 Å². The Kier molecular flexibility index (Phi) is 7.64. The summed E-state index contributed by atoms with van der Waals surface area (Å²) in [4.78, 5) is 26.3. The number of amides is 2. The largest absolute Gasteiger partial charge is 0.448 e. The van der Waals surface area contributed by atoms with Crippen LogP contribution in [-0.4, -0.2) is 41.0 Å². The number of carbonyl (C=O) groups is 2. The Morgan fingerprint density at radius 1 is 1.00 bits per heavy atom. The molecular formula is C21H22BrN3O4S. The molecule has 2 aromatic carbocycles. The highest BCUT2D eigenvalue weighted by molar-refractivity contribution is 9.10. The normalized spacial score (nSPS) is 16.0. The van der Waals surface area contributed by atoms with Crippen molar-refractivity contribution in [1.29, 1.82) is 0 Å². The van der Waals surface area contributed by atoms with Gasteiger partial charge in [0, 0.05) is 27.0 Å². The van der Waals surface area contributed by atoms with Crippen LogP contribution in [-0.2, 0) is 9.47 Å². The van der Waals surface area contributed by atoms with Crippen LogP contribution >= 0.6 is 27.9 Å². The summed E-state index contributed by atoms with van der Waals surface area (Å²) < 4.78 is 12.5. The molecule has 2 aromatic rings. The fourth-order valence-corrected chi connectivity index (χ4v) is 4.01. The molecule has 0 radical (unpaired) electrons. The Labute approximate surface area is 188 Å². The molecule has 2 amide bonds. The van der Waals surface area contributed by atoms with Gasteiger partial charge in [0.2, 0.25) is 0 Å². The summed E-state index contributed by atoms with van der Waals surface area (Å²) in [7, 11) is 0. The van der Waals surface area contributed by atoms with Gasteiger partial charge in [-0.1, -0.05) is 46.3 Å². The molecule has 0 spiro atoms. The smallest absolute Gasteiger partial charge is 0.440 e. The minimum absolute atomic E-state index is 0.178. The summed E-state index contributed by atoms with van der Waals surface area (Å²) in [6, 6.07) is 17.2. The molecule has 30 heavy (non-hydrogen) atoms. The number of hydrazine groups is 1. The average Bonchev–Trinajstić information content (AvgIpc) is 2.75. The van der Waals surface area contributed by atoms with Gasteiger partial charge in [0.25, 0.3) is 0 Å². The second-order valence-corrected chi connectivity index (χ2v) is 7.98. The first kappa shape index (κ1) is 22.0. The summed E-state index contributed by atoms with van der Waals surface area (Å²) >= 11 is 4.52. The zero-order valence-electron chi connectivity index (χ0n) is 16.6. The van der Waals surface area contributed by atoms with E-state index in [1.165, 1.54) is 9.42 Å². The minimum atomic E-state index is -0.675. The van der Waals surface area contributed by atoms with Gasteiger partial charge in [-0.2, -0.15) is 5.01 Å².